The summed E-state index contributed by atoms with van der Waals surface area (Å²) in [5.41, 5.74) is 2.04. The fraction of sp³-hybridized carbons (Fsp3) is 0.364. The van der Waals surface area contributed by atoms with Crippen LogP contribution in [0.15, 0.2) is 59.4 Å². The van der Waals surface area contributed by atoms with Gasteiger partial charge in [-0.1, -0.05) is 35.5 Å². The van der Waals surface area contributed by atoms with E-state index < -0.39 is 0 Å². The Bertz CT molecular complexity index is 907. The first-order chi connectivity index (χ1) is 14.3. The maximum atomic E-state index is 12.4. The van der Waals surface area contributed by atoms with Gasteiger partial charge in [0.15, 0.2) is 0 Å². The van der Waals surface area contributed by atoms with Crippen molar-refractivity contribution in [3.05, 3.63) is 66.3 Å². The number of nitrogens with zero attached hydrogens (tertiary/aromatic N) is 4. The number of aryl methyl sites for hydroxylation is 1. The van der Waals surface area contributed by atoms with Crippen LogP contribution < -0.4 is 5.32 Å². The van der Waals surface area contributed by atoms with Crippen LogP contribution >= 0.6 is 0 Å². The Morgan fingerprint density at radius 2 is 1.97 bits per heavy atom. The highest BCUT2D eigenvalue weighted by molar-refractivity contribution is 5.76. The van der Waals surface area contributed by atoms with Crippen molar-refractivity contribution in [3.8, 4) is 11.4 Å². The smallest absolute Gasteiger partial charge is 0.227 e. The molecule has 1 aliphatic heterocycles. The van der Waals surface area contributed by atoms with Crippen molar-refractivity contribution in [1.82, 2.24) is 25.3 Å². The summed E-state index contributed by atoms with van der Waals surface area (Å²) >= 11 is 0. The lowest BCUT2D eigenvalue weighted by Crippen LogP contribution is -2.36. The summed E-state index contributed by atoms with van der Waals surface area (Å²) in [5, 5.41) is 7.05. The van der Waals surface area contributed by atoms with E-state index in [9.17, 15) is 4.79 Å². The van der Waals surface area contributed by atoms with Gasteiger partial charge in [-0.15, -0.1) is 0 Å². The number of amides is 1. The van der Waals surface area contributed by atoms with Gasteiger partial charge in [0.2, 0.25) is 17.6 Å². The summed E-state index contributed by atoms with van der Waals surface area (Å²) in [6, 6.07) is 14.3. The second-order valence-electron chi connectivity index (χ2n) is 7.23. The molecule has 1 atom stereocenters. The van der Waals surface area contributed by atoms with Gasteiger partial charge in [-0.3, -0.25) is 14.7 Å². The van der Waals surface area contributed by atoms with Crippen LogP contribution in [0.2, 0.25) is 0 Å². The molecule has 2 aromatic heterocycles. The quantitative estimate of drug-likeness (QED) is 0.635. The zero-order valence-electron chi connectivity index (χ0n) is 16.3. The molecule has 1 unspecified atom stereocenters. The van der Waals surface area contributed by atoms with Gasteiger partial charge in [0.25, 0.3) is 0 Å². The summed E-state index contributed by atoms with van der Waals surface area (Å²) in [7, 11) is 0. The Morgan fingerprint density at radius 3 is 2.72 bits per heavy atom. The van der Waals surface area contributed by atoms with Crippen molar-refractivity contribution in [1.29, 1.82) is 0 Å². The van der Waals surface area contributed by atoms with Gasteiger partial charge in [-0.05, 0) is 43.6 Å². The summed E-state index contributed by atoms with van der Waals surface area (Å²) < 4.78 is 5.27. The van der Waals surface area contributed by atoms with Crippen LogP contribution in [0.1, 0.15) is 36.8 Å². The van der Waals surface area contributed by atoms with Crippen LogP contribution in [-0.2, 0) is 11.2 Å². The van der Waals surface area contributed by atoms with Crippen LogP contribution in [0.3, 0.4) is 0 Å². The fourth-order valence-electron chi connectivity index (χ4n) is 3.67. The lowest BCUT2D eigenvalue weighted by atomic mass is 10.1. The number of carbonyl (C=O) groups is 1. The Hall–Kier alpha value is -3.06. The van der Waals surface area contributed by atoms with Crippen molar-refractivity contribution in [2.75, 3.05) is 19.6 Å². The average Bonchev–Trinajstić information content (AvgIpc) is 3.46. The van der Waals surface area contributed by atoms with Crippen LogP contribution in [0.4, 0.5) is 0 Å². The molecule has 0 bridgehead atoms. The lowest BCUT2D eigenvalue weighted by Gasteiger charge is -2.28. The van der Waals surface area contributed by atoms with Gasteiger partial charge in [-0.2, -0.15) is 4.98 Å². The predicted molar refractivity (Wildman–Crippen MR) is 109 cm³/mol. The normalized spacial score (nSPS) is 15.3. The zero-order chi connectivity index (χ0) is 19.9. The van der Waals surface area contributed by atoms with Crippen molar-refractivity contribution < 1.29 is 9.32 Å². The number of hydrogen-bond acceptors (Lipinski definition) is 6. The number of rotatable bonds is 8. The molecule has 7 nitrogen and oxygen atoms in total. The molecular weight excluding hydrogens is 366 g/mol. The Labute approximate surface area is 170 Å². The largest absolute Gasteiger partial charge is 0.354 e. The minimum atomic E-state index is -0.00810. The number of likely N-dealkylation sites (tertiary alicyclic amines) is 1. The molecule has 0 saturated carbocycles. The molecule has 3 aromatic rings. The molecule has 1 saturated heterocycles. The van der Waals surface area contributed by atoms with Gasteiger partial charge >= 0.3 is 0 Å². The minimum absolute atomic E-state index is 0.00810. The van der Waals surface area contributed by atoms with Crippen LogP contribution in [0, 0.1) is 0 Å². The van der Waals surface area contributed by atoms with Crippen LogP contribution in [-0.4, -0.2) is 45.6 Å². The molecule has 150 valence electrons. The summed E-state index contributed by atoms with van der Waals surface area (Å²) in [4.78, 5) is 23.3. The van der Waals surface area contributed by atoms with Crippen molar-refractivity contribution >= 4 is 5.91 Å². The van der Waals surface area contributed by atoms with Crippen molar-refractivity contribution in [3.63, 3.8) is 0 Å². The second-order valence-corrected chi connectivity index (χ2v) is 7.23. The van der Waals surface area contributed by atoms with E-state index >= 15 is 0 Å². The van der Waals surface area contributed by atoms with Gasteiger partial charge in [-0.25, -0.2) is 0 Å². The Balaban J connectivity index is 1.30. The summed E-state index contributed by atoms with van der Waals surface area (Å²) in [6.07, 6.45) is 6.54. The number of benzene rings is 1. The highest BCUT2D eigenvalue weighted by atomic mass is 16.5. The van der Waals surface area contributed by atoms with Crippen molar-refractivity contribution in [2.45, 2.75) is 31.7 Å². The number of aromatic nitrogens is 3. The van der Waals surface area contributed by atoms with E-state index in [2.05, 4.69) is 49.6 Å². The van der Waals surface area contributed by atoms with E-state index in [4.69, 9.17) is 4.52 Å². The lowest BCUT2D eigenvalue weighted by molar-refractivity contribution is -0.121. The Morgan fingerprint density at radius 1 is 1.14 bits per heavy atom. The number of carbonyl (C=O) groups excluding carboxylic acids is 1. The van der Waals surface area contributed by atoms with E-state index in [1.165, 1.54) is 18.4 Å². The number of pyridine rings is 1. The monoisotopic (exact) mass is 391 g/mol. The first kappa shape index (κ1) is 19.3. The number of nitrogens with one attached hydrogen (secondary N) is 1. The average molecular weight is 391 g/mol. The fourth-order valence-corrected chi connectivity index (χ4v) is 3.67. The molecule has 1 aromatic carbocycles. The first-order valence-electron chi connectivity index (χ1n) is 10.1. The molecule has 1 fully saturated rings. The van der Waals surface area contributed by atoms with E-state index in [-0.39, 0.29) is 11.9 Å². The van der Waals surface area contributed by atoms with Gasteiger partial charge in [0, 0.05) is 37.3 Å². The third kappa shape index (κ3) is 5.06. The molecule has 0 spiro atoms. The zero-order valence-corrected chi connectivity index (χ0v) is 16.3. The topological polar surface area (TPSA) is 84.1 Å². The van der Waals surface area contributed by atoms with Gasteiger partial charge in [0.1, 0.15) is 0 Å². The molecule has 4 rings (SSSR count). The highest BCUT2D eigenvalue weighted by Gasteiger charge is 2.23. The third-order valence-corrected chi connectivity index (χ3v) is 5.21. The number of hydrogen-bond donors (Lipinski definition) is 1. The van der Waals surface area contributed by atoms with E-state index in [1.54, 1.807) is 12.4 Å². The highest BCUT2D eigenvalue weighted by Crippen LogP contribution is 2.24. The maximum absolute atomic E-state index is 12.4. The molecule has 0 aliphatic carbocycles. The minimum Gasteiger partial charge on any atom is -0.354 e. The molecule has 7 heteroatoms. The predicted octanol–water partition coefficient (Wildman–Crippen LogP) is 3.02. The molecule has 1 aliphatic rings. The van der Waals surface area contributed by atoms with Gasteiger partial charge < -0.3 is 9.84 Å². The molecular formula is C22H25N5O2. The third-order valence-electron chi connectivity index (χ3n) is 5.21. The molecule has 1 N–H and O–H groups in total. The maximum Gasteiger partial charge on any atom is 0.227 e. The first-order valence-corrected chi connectivity index (χ1v) is 10.1. The molecule has 0 radical (unpaired) electrons. The van der Waals surface area contributed by atoms with E-state index in [0.29, 0.717) is 31.1 Å². The molecule has 3 heterocycles. The Kier molecular flexibility index (Phi) is 6.26. The summed E-state index contributed by atoms with van der Waals surface area (Å²) in [6.45, 7) is 2.76. The standard InChI is InChI=1S/C22H25N5O2/c28-20(10-11-21-25-22(26-29-21)18-9-6-12-23-15-18)24-16-19(27-13-4-5-14-27)17-7-2-1-3-8-17/h1-3,6-9,12,15,19H,4-5,10-11,13-14,16H2,(H,24,28). The van der Waals surface area contributed by atoms with Crippen LogP contribution in [0.25, 0.3) is 11.4 Å². The SMILES string of the molecule is O=C(CCc1nc(-c2cccnc2)no1)NCC(c1ccccc1)N1CCCC1. The van der Waals surface area contributed by atoms with Crippen LogP contribution in [0.5, 0.6) is 0 Å². The second kappa shape index (κ2) is 9.43. The molecule has 1 amide bonds. The van der Waals surface area contributed by atoms with E-state index in [1.807, 2.05) is 18.2 Å². The van der Waals surface area contributed by atoms with Gasteiger partial charge in [0.05, 0.1) is 6.04 Å². The summed E-state index contributed by atoms with van der Waals surface area (Å²) in [5.74, 6) is 0.941. The van der Waals surface area contributed by atoms with Crippen molar-refractivity contribution in [2.24, 2.45) is 0 Å². The molecule has 29 heavy (non-hydrogen) atoms. The van der Waals surface area contributed by atoms with E-state index in [0.717, 1.165) is 18.7 Å².